The van der Waals surface area contributed by atoms with Gasteiger partial charge in [-0.2, -0.15) is 0 Å². The molecule has 0 aliphatic rings. The van der Waals surface area contributed by atoms with Crippen LogP contribution in [-0.4, -0.2) is 12.5 Å². The number of rotatable bonds is 5. The third kappa shape index (κ3) is 3.66. The molecule has 0 aliphatic heterocycles. The first kappa shape index (κ1) is 12.7. The summed E-state index contributed by atoms with van der Waals surface area (Å²) in [5, 5.41) is 2.98. The predicted octanol–water partition coefficient (Wildman–Crippen LogP) is 1.91. The van der Waals surface area contributed by atoms with Gasteiger partial charge in [0.1, 0.15) is 0 Å². The fraction of sp³-hybridized carbons (Fsp3) is 0.462. The Hall–Kier alpha value is -1.35. The average molecular weight is 220 g/mol. The molecule has 88 valence electrons. The van der Waals surface area contributed by atoms with Crippen molar-refractivity contribution in [1.29, 1.82) is 0 Å². The summed E-state index contributed by atoms with van der Waals surface area (Å²) in [7, 11) is 0. The summed E-state index contributed by atoms with van der Waals surface area (Å²) < 4.78 is 0. The van der Waals surface area contributed by atoms with E-state index in [0.717, 1.165) is 6.42 Å². The van der Waals surface area contributed by atoms with Crippen LogP contribution < -0.4 is 11.1 Å². The van der Waals surface area contributed by atoms with Gasteiger partial charge in [-0.05, 0) is 37.9 Å². The van der Waals surface area contributed by atoms with Crippen molar-refractivity contribution in [3.8, 4) is 0 Å². The van der Waals surface area contributed by atoms with Gasteiger partial charge in [0, 0.05) is 6.42 Å². The number of nitrogens with one attached hydrogen (secondary N) is 1. The number of carbonyl (C=O) groups excluding carboxylic acids is 1. The molecule has 3 nitrogen and oxygen atoms in total. The van der Waals surface area contributed by atoms with Crippen LogP contribution in [0.5, 0.6) is 0 Å². The van der Waals surface area contributed by atoms with Gasteiger partial charge in [-0.15, -0.1) is 0 Å². The Balaban J connectivity index is 2.55. The molecule has 0 fully saturated rings. The minimum absolute atomic E-state index is 0.0616. The van der Waals surface area contributed by atoms with Gasteiger partial charge in [-0.25, -0.2) is 0 Å². The van der Waals surface area contributed by atoms with Crippen molar-refractivity contribution in [1.82, 2.24) is 5.32 Å². The molecule has 1 amide bonds. The number of hydrogen-bond acceptors (Lipinski definition) is 2. The minimum Gasteiger partial charge on any atom is -0.350 e. The zero-order valence-electron chi connectivity index (χ0n) is 9.99. The highest BCUT2D eigenvalue weighted by molar-refractivity contribution is 5.76. The molecule has 3 N–H and O–H groups in total. The van der Waals surface area contributed by atoms with E-state index in [-0.39, 0.29) is 11.9 Å². The summed E-state index contributed by atoms with van der Waals surface area (Å²) in [4.78, 5) is 11.5. The van der Waals surface area contributed by atoms with Gasteiger partial charge in [0.2, 0.25) is 5.91 Å². The third-order valence-electron chi connectivity index (χ3n) is 2.64. The normalized spacial score (nSPS) is 12.2. The van der Waals surface area contributed by atoms with E-state index < -0.39 is 0 Å². The first-order valence-corrected chi connectivity index (χ1v) is 5.70. The Morgan fingerprint density at radius 3 is 2.75 bits per heavy atom. The Morgan fingerprint density at radius 1 is 1.44 bits per heavy atom. The molecule has 0 spiro atoms. The Bertz CT molecular complexity index is 350. The summed E-state index contributed by atoms with van der Waals surface area (Å²) in [5.74, 6) is 0.0706. The fourth-order valence-corrected chi connectivity index (χ4v) is 1.73. The van der Waals surface area contributed by atoms with Crippen LogP contribution in [0.25, 0.3) is 0 Å². The van der Waals surface area contributed by atoms with Crippen molar-refractivity contribution in [2.75, 3.05) is 6.54 Å². The number of nitrogens with two attached hydrogens (primary N) is 1. The topological polar surface area (TPSA) is 55.1 Å². The van der Waals surface area contributed by atoms with Crippen LogP contribution >= 0.6 is 0 Å². The molecule has 1 aromatic rings. The van der Waals surface area contributed by atoms with Crippen LogP contribution in [0, 0.1) is 6.92 Å². The van der Waals surface area contributed by atoms with Crippen LogP contribution in [0.4, 0.5) is 0 Å². The standard InChI is InChI=1S/C13H20N2O/c1-10-6-3-4-7-12(10)11(2)15-13(16)8-5-9-14/h3-4,6-7,11H,5,8-9,14H2,1-2H3,(H,15,16). The van der Waals surface area contributed by atoms with Crippen LogP contribution in [0.2, 0.25) is 0 Å². The van der Waals surface area contributed by atoms with E-state index in [9.17, 15) is 4.79 Å². The summed E-state index contributed by atoms with van der Waals surface area (Å²) in [6.45, 7) is 4.62. The Kier molecular flexibility index (Phi) is 4.99. The molecule has 1 atom stereocenters. The molecule has 16 heavy (non-hydrogen) atoms. The van der Waals surface area contributed by atoms with E-state index in [1.165, 1.54) is 11.1 Å². The monoisotopic (exact) mass is 220 g/mol. The highest BCUT2D eigenvalue weighted by atomic mass is 16.1. The minimum atomic E-state index is 0.0616. The molecule has 0 heterocycles. The van der Waals surface area contributed by atoms with Gasteiger partial charge < -0.3 is 11.1 Å². The second-order valence-corrected chi connectivity index (χ2v) is 4.04. The second kappa shape index (κ2) is 6.28. The summed E-state index contributed by atoms with van der Waals surface area (Å²) in [6, 6.07) is 8.15. The van der Waals surface area contributed by atoms with E-state index in [1.807, 2.05) is 25.1 Å². The van der Waals surface area contributed by atoms with E-state index in [1.54, 1.807) is 0 Å². The SMILES string of the molecule is Cc1ccccc1C(C)NC(=O)CCCN. The summed E-state index contributed by atoms with van der Waals surface area (Å²) in [5.41, 5.74) is 7.74. The molecule has 0 aromatic heterocycles. The second-order valence-electron chi connectivity index (χ2n) is 4.04. The lowest BCUT2D eigenvalue weighted by molar-refractivity contribution is -0.121. The van der Waals surface area contributed by atoms with Gasteiger partial charge in [0.25, 0.3) is 0 Å². The lowest BCUT2D eigenvalue weighted by Gasteiger charge is -2.16. The first-order valence-electron chi connectivity index (χ1n) is 5.70. The molecule has 0 aliphatic carbocycles. The first-order chi connectivity index (χ1) is 7.65. The predicted molar refractivity (Wildman–Crippen MR) is 66.0 cm³/mol. The molecule has 0 bridgehead atoms. The van der Waals surface area contributed by atoms with Crippen molar-refractivity contribution < 1.29 is 4.79 Å². The van der Waals surface area contributed by atoms with Gasteiger partial charge in [-0.3, -0.25) is 4.79 Å². The summed E-state index contributed by atoms with van der Waals surface area (Å²) >= 11 is 0. The molecule has 0 saturated carbocycles. The maximum Gasteiger partial charge on any atom is 0.220 e. The van der Waals surface area contributed by atoms with Gasteiger partial charge in [0.15, 0.2) is 0 Å². The highest BCUT2D eigenvalue weighted by Crippen LogP contribution is 2.16. The smallest absolute Gasteiger partial charge is 0.220 e. The third-order valence-corrected chi connectivity index (χ3v) is 2.64. The van der Waals surface area contributed by atoms with Gasteiger partial charge >= 0.3 is 0 Å². The number of benzene rings is 1. The zero-order chi connectivity index (χ0) is 12.0. The molecule has 1 rings (SSSR count). The highest BCUT2D eigenvalue weighted by Gasteiger charge is 2.10. The van der Waals surface area contributed by atoms with Crippen molar-refractivity contribution >= 4 is 5.91 Å². The number of aryl methyl sites for hydroxylation is 1. The number of hydrogen-bond donors (Lipinski definition) is 2. The number of carbonyl (C=O) groups is 1. The summed E-state index contributed by atoms with van der Waals surface area (Å²) in [6.07, 6.45) is 1.25. The van der Waals surface area contributed by atoms with E-state index in [2.05, 4.69) is 18.3 Å². The largest absolute Gasteiger partial charge is 0.350 e. The maximum absolute atomic E-state index is 11.5. The van der Waals surface area contributed by atoms with Crippen molar-refractivity contribution in [3.63, 3.8) is 0 Å². The van der Waals surface area contributed by atoms with Gasteiger partial charge in [0.05, 0.1) is 6.04 Å². The van der Waals surface area contributed by atoms with Crippen LogP contribution in [0.1, 0.15) is 36.9 Å². The quantitative estimate of drug-likeness (QED) is 0.796. The van der Waals surface area contributed by atoms with Crippen molar-refractivity contribution in [2.24, 2.45) is 5.73 Å². The van der Waals surface area contributed by atoms with E-state index in [0.29, 0.717) is 13.0 Å². The lowest BCUT2D eigenvalue weighted by Crippen LogP contribution is -2.27. The zero-order valence-corrected chi connectivity index (χ0v) is 9.99. The Labute approximate surface area is 97.0 Å². The van der Waals surface area contributed by atoms with E-state index in [4.69, 9.17) is 5.73 Å². The average Bonchev–Trinajstić information content (AvgIpc) is 2.26. The van der Waals surface area contributed by atoms with Crippen molar-refractivity contribution in [3.05, 3.63) is 35.4 Å². The molecule has 1 aromatic carbocycles. The van der Waals surface area contributed by atoms with E-state index >= 15 is 0 Å². The molecule has 1 unspecified atom stereocenters. The number of amides is 1. The fourth-order valence-electron chi connectivity index (χ4n) is 1.73. The molecule has 0 saturated heterocycles. The molecule has 3 heteroatoms. The van der Waals surface area contributed by atoms with Crippen LogP contribution in [0.3, 0.4) is 0 Å². The maximum atomic E-state index is 11.5. The molecular weight excluding hydrogens is 200 g/mol. The lowest BCUT2D eigenvalue weighted by atomic mass is 10.0. The van der Waals surface area contributed by atoms with Crippen LogP contribution in [0.15, 0.2) is 24.3 Å². The van der Waals surface area contributed by atoms with Crippen LogP contribution in [-0.2, 0) is 4.79 Å². The Morgan fingerprint density at radius 2 is 2.12 bits per heavy atom. The van der Waals surface area contributed by atoms with Gasteiger partial charge in [-0.1, -0.05) is 24.3 Å². The molecular formula is C13H20N2O. The van der Waals surface area contributed by atoms with Crippen molar-refractivity contribution in [2.45, 2.75) is 32.7 Å². The molecule has 0 radical (unpaired) electrons.